The van der Waals surface area contributed by atoms with Crippen LogP contribution in [0, 0.1) is 11.3 Å². The van der Waals surface area contributed by atoms with Crippen LogP contribution in [-0.4, -0.2) is 35.6 Å². The number of anilines is 1. The molecule has 0 amide bonds. The van der Waals surface area contributed by atoms with E-state index >= 15 is 0 Å². The predicted molar refractivity (Wildman–Crippen MR) is 99.5 cm³/mol. The van der Waals surface area contributed by atoms with Crippen LogP contribution in [0.15, 0.2) is 18.2 Å². The highest BCUT2D eigenvalue weighted by Gasteiger charge is 2.29. The van der Waals surface area contributed by atoms with Gasteiger partial charge < -0.3 is 10.2 Å². The zero-order chi connectivity index (χ0) is 17.0. The van der Waals surface area contributed by atoms with Crippen molar-refractivity contribution in [3.05, 3.63) is 39.9 Å². The van der Waals surface area contributed by atoms with E-state index < -0.39 is 0 Å². The van der Waals surface area contributed by atoms with E-state index in [1.54, 1.807) is 0 Å². The van der Waals surface area contributed by atoms with Gasteiger partial charge in [0.1, 0.15) is 17.4 Å². The maximum atomic E-state index is 9.84. The molecule has 0 unspecified atom stereocenters. The number of nitrogens with one attached hydrogen (secondary N) is 1. The lowest BCUT2D eigenvalue weighted by Crippen LogP contribution is -2.44. The minimum atomic E-state index is 0.636. The van der Waals surface area contributed by atoms with Gasteiger partial charge in [-0.1, -0.05) is 17.7 Å². The molecule has 3 aromatic rings. The van der Waals surface area contributed by atoms with Crippen LogP contribution < -0.4 is 10.2 Å². The van der Waals surface area contributed by atoms with E-state index in [1.807, 2.05) is 12.1 Å². The Bertz CT molecular complexity index is 1040. The Kier molecular flexibility index (Phi) is 3.37. The lowest BCUT2D eigenvalue weighted by atomic mass is 10.0. The smallest absolute Gasteiger partial charge is 0.157 e. The molecule has 126 valence electrons. The van der Waals surface area contributed by atoms with Crippen molar-refractivity contribution in [3.63, 3.8) is 0 Å². The summed E-state index contributed by atoms with van der Waals surface area (Å²) in [5.74, 6) is 1.22. The van der Waals surface area contributed by atoms with Crippen LogP contribution in [0.4, 0.5) is 5.82 Å². The fourth-order valence-electron chi connectivity index (χ4n) is 4.31. The minimum Gasteiger partial charge on any atom is -0.355 e. The molecule has 0 radical (unpaired) electrons. The number of piperazine rings is 1. The molecule has 1 aromatic carbocycles. The Hall–Kier alpha value is -2.29. The summed E-state index contributed by atoms with van der Waals surface area (Å²) < 4.78 is 2.18. The van der Waals surface area contributed by atoms with Gasteiger partial charge in [-0.15, -0.1) is 0 Å². The molecule has 6 heteroatoms. The fraction of sp³-hybridized carbons (Fsp3) is 0.368. The van der Waals surface area contributed by atoms with Gasteiger partial charge in [-0.05, 0) is 42.5 Å². The SMILES string of the molecule is N#Cc1c2c(c(N3CCNCC3)n3c1nc1c(Cl)cccc13)CCC2. The van der Waals surface area contributed by atoms with Crippen LogP contribution in [-0.2, 0) is 12.8 Å². The van der Waals surface area contributed by atoms with Crippen molar-refractivity contribution in [1.29, 1.82) is 5.26 Å². The van der Waals surface area contributed by atoms with E-state index in [1.165, 1.54) is 16.9 Å². The lowest BCUT2D eigenvalue weighted by Gasteiger charge is -2.32. The summed E-state index contributed by atoms with van der Waals surface area (Å²) in [6.45, 7) is 3.88. The normalized spacial score (nSPS) is 17.2. The van der Waals surface area contributed by atoms with E-state index in [0.29, 0.717) is 5.02 Å². The summed E-state index contributed by atoms with van der Waals surface area (Å²) in [6, 6.07) is 8.29. The molecule has 25 heavy (non-hydrogen) atoms. The first kappa shape index (κ1) is 15.0. The number of aromatic nitrogens is 2. The Morgan fingerprint density at radius 1 is 1.16 bits per heavy atom. The van der Waals surface area contributed by atoms with Gasteiger partial charge >= 0.3 is 0 Å². The lowest BCUT2D eigenvalue weighted by molar-refractivity contribution is 0.582. The monoisotopic (exact) mass is 351 g/mol. The molecule has 1 aliphatic heterocycles. The maximum Gasteiger partial charge on any atom is 0.157 e. The average molecular weight is 352 g/mol. The number of nitriles is 1. The third-order valence-electron chi connectivity index (χ3n) is 5.39. The van der Waals surface area contributed by atoms with Gasteiger partial charge in [0.25, 0.3) is 0 Å². The predicted octanol–water partition coefficient (Wildman–Crippen LogP) is 2.91. The number of benzene rings is 1. The van der Waals surface area contributed by atoms with E-state index in [-0.39, 0.29) is 0 Å². The first-order valence-corrected chi connectivity index (χ1v) is 9.17. The molecule has 1 fully saturated rings. The standard InChI is InChI=1S/C19H18ClN5/c20-15-5-2-6-16-17(15)23-18-14(11-21)12-3-1-4-13(12)19(25(16)18)24-9-7-22-8-10-24/h2,5-6,22H,1,3-4,7-10H2. The van der Waals surface area contributed by atoms with Crippen molar-refractivity contribution in [2.24, 2.45) is 0 Å². The number of hydrogen-bond donors (Lipinski definition) is 1. The maximum absolute atomic E-state index is 9.84. The second kappa shape index (κ2) is 5.62. The first-order chi connectivity index (χ1) is 12.3. The molecule has 2 aromatic heterocycles. The molecule has 0 atom stereocenters. The quantitative estimate of drug-likeness (QED) is 0.732. The van der Waals surface area contributed by atoms with Crippen molar-refractivity contribution in [1.82, 2.24) is 14.7 Å². The van der Waals surface area contributed by atoms with Crippen LogP contribution in [0.1, 0.15) is 23.1 Å². The summed E-state index contributed by atoms with van der Waals surface area (Å²) in [5, 5.41) is 13.9. The zero-order valence-electron chi connectivity index (χ0n) is 13.8. The molecule has 5 nitrogen and oxygen atoms in total. The summed E-state index contributed by atoms with van der Waals surface area (Å²) >= 11 is 6.41. The third-order valence-corrected chi connectivity index (χ3v) is 5.69. The van der Waals surface area contributed by atoms with Gasteiger partial charge in [0, 0.05) is 26.2 Å². The van der Waals surface area contributed by atoms with Crippen molar-refractivity contribution < 1.29 is 0 Å². The molecule has 0 bridgehead atoms. The number of para-hydroxylation sites is 1. The number of pyridine rings is 1. The molecule has 2 aliphatic rings. The highest BCUT2D eigenvalue weighted by atomic mass is 35.5. The van der Waals surface area contributed by atoms with E-state index in [9.17, 15) is 5.26 Å². The van der Waals surface area contributed by atoms with Gasteiger partial charge in [0.15, 0.2) is 5.65 Å². The van der Waals surface area contributed by atoms with E-state index in [0.717, 1.165) is 67.7 Å². The fourth-order valence-corrected chi connectivity index (χ4v) is 4.52. The van der Waals surface area contributed by atoms with Crippen LogP contribution in [0.25, 0.3) is 16.7 Å². The van der Waals surface area contributed by atoms with Crippen molar-refractivity contribution in [2.45, 2.75) is 19.3 Å². The average Bonchev–Trinajstić information content (AvgIpc) is 3.26. The van der Waals surface area contributed by atoms with Crippen LogP contribution in [0.5, 0.6) is 0 Å². The Morgan fingerprint density at radius 2 is 1.96 bits per heavy atom. The second-order valence-electron chi connectivity index (χ2n) is 6.74. The molecule has 3 heterocycles. The summed E-state index contributed by atoms with van der Waals surface area (Å²) in [5.41, 5.74) is 5.75. The summed E-state index contributed by atoms with van der Waals surface area (Å²) in [7, 11) is 0. The molecule has 0 saturated carbocycles. The van der Waals surface area contributed by atoms with Gasteiger partial charge in [0.05, 0.1) is 16.1 Å². The largest absolute Gasteiger partial charge is 0.355 e. The number of fused-ring (bicyclic) bond motifs is 4. The van der Waals surface area contributed by atoms with Crippen molar-refractivity contribution >= 4 is 34.1 Å². The molecule has 1 N–H and O–H groups in total. The van der Waals surface area contributed by atoms with E-state index in [2.05, 4.69) is 26.8 Å². The molecular formula is C19H18ClN5. The Labute approximate surface area is 150 Å². The van der Waals surface area contributed by atoms with Crippen LogP contribution >= 0.6 is 11.6 Å². The Balaban J connectivity index is 1.95. The van der Waals surface area contributed by atoms with Gasteiger partial charge in [0.2, 0.25) is 0 Å². The first-order valence-electron chi connectivity index (χ1n) is 8.79. The van der Waals surface area contributed by atoms with Crippen molar-refractivity contribution in [3.8, 4) is 6.07 Å². The highest BCUT2D eigenvalue weighted by Crippen LogP contribution is 2.39. The summed E-state index contributed by atoms with van der Waals surface area (Å²) in [6.07, 6.45) is 3.10. The molecular weight excluding hydrogens is 334 g/mol. The topological polar surface area (TPSA) is 56.4 Å². The molecule has 1 aliphatic carbocycles. The Morgan fingerprint density at radius 3 is 2.76 bits per heavy atom. The molecule has 0 spiro atoms. The number of nitrogens with zero attached hydrogens (tertiary/aromatic N) is 4. The van der Waals surface area contributed by atoms with Crippen molar-refractivity contribution in [2.75, 3.05) is 31.1 Å². The van der Waals surface area contributed by atoms with Gasteiger partial charge in [-0.25, -0.2) is 4.98 Å². The van der Waals surface area contributed by atoms with Crippen LogP contribution in [0.3, 0.4) is 0 Å². The number of imidazole rings is 1. The zero-order valence-corrected chi connectivity index (χ0v) is 14.6. The van der Waals surface area contributed by atoms with Gasteiger partial charge in [-0.2, -0.15) is 5.26 Å². The molecule has 1 saturated heterocycles. The second-order valence-corrected chi connectivity index (χ2v) is 7.14. The summed E-state index contributed by atoms with van der Waals surface area (Å²) in [4.78, 5) is 7.23. The van der Waals surface area contributed by atoms with Gasteiger partial charge in [-0.3, -0.25) is 4.40 Å². The number of hydrogen-bond acceptors (Lipinski definition) is 4. The molecule has 5 rings (SSSR count). The number of halogens is 1. The van der Waals surface area contributed by atoms with E-state index in [4.69, 9.17) is 16.6 Å². The highest BCUT2D eigenvalue weighted by molar-refractivity contribution is 6.35. The third kappa shape index (κ3) is 2.08. The number of rotatable bonds is 1. The van der Waals surface area contributed by atoms with Crippen LogP contribution in [0.2, 0.25) is 5.02 Å². The minimum absolute atomic E-state index is 0.636.